The molecule has 1 saturated heterocycles. The highest BCUT2D eigenvalue weighted by Crippen LogP contribution is 2.20. The average Bonchev–Trinajstić information content (AvgIpc) is 2.96. The molecule has 0 spiro atoms. The van der Waals surface area contributed by atoms with Crippen molar-refractivity contribution in [3.63, 3.8) is 0 Å². The maximum atomic E-state index is 13.5. The van der Waals surface area contributed by atoms with Gasteiger partial charge in [0.05, 0.1) is 23.6 Å². The first-order valence-electron chi connectivity index (χ1n) is 6.60. The molecule has 2 aromatic rings. The molecule has 0 radical (unpaired) electrons. The number of hydrogen-bond donors (Lipinski definition) is 1. The molecule has 4 heteroatoms. The van der Waals surface area contributed by atoms with Crippen LogP contribution in [0.3, 0.4) is 0 Å². The van der Waals surface area contributed by atoms with E-state index >= 15 is 0 Å². The van der Waals surface area contributed by atoms with Crippen LogP contribution in [0.1, 0.15) is 35.8 Å². The van der Waals surface area contributed by atoms with Crippen molar-refractivity contribution in [2.24, 2.45) is 0 Å². The van der Waals surface area contributed by atoms with Crippen LogP contribution in [0, 0.1) is 5.82 Å². The highest BCUT2D eigenvalue weighted by atomic mass is 19.1. The van der Waals surface area contributed by atoms with Gasteiger partial charge in [-0.25, -0.2) is 4.39 Å². The van der Waals surface area contributed by atoms with Gasteiger partial charge in [-0.1, -0.05) is 18.2 Å². The van der Waals surface area contributed by atoms with Crippen LogP contribution in [0.4, 0.5) is 4.39 Å². The highest BCUT2D eigenvalue weighted by Gasteiger charge is 2.17. The van der Waals surface area contributed by atoms with Crippen molar-refractivity contribution in [1.82, 2.24) is 15.3 Å². The van der Waals surface area contributed by atoms with E-state index in [9.17, 15) is 4.39 Å². The lowest BCUT2D eigenvalue weighted by Crippen LogP contribution is -2.14. The van der Waals surface area contributed by atoms with Crippen molar-refractivity contribution in [3.05, 3.63) is 59.4 Å². The van der Waals surface area contributed by atoms with Crippen molar-refractivity contribution in [3.8, 4) is 0 Å². The van der Waals surface area contributed by atoms with E-state index in [0.717, 1.165) is 24.4 Å². The van der Waals surface area contributed by atoms with Crippen LogP contribution < -0.4 is 5.32 Å². The van der Waals surface area contributed by atoms with Gasteiger partial charge in [-0.3, -0.25) is 9.97 Å². The zero-order valence-corrected chi connectivity index (χ0v) is 10.6. The molecule has 1 aliphatic heterocycles. The number of halogens is 1. The number of aromatic nitrogens is 2. The molecule has 3 nitrogen and oxygen atoms in total. The van der Waals surface area contributed by atoms with Gasteiger partial charge in [0.25, 0.3) is 0 Å². The van der Waals surface area contributed by atoms with E-state index in [1.165, 1.54) is 12.5 Å². The van der Waals surface area contributed by atoms with Crippen LogP contribution >= 0.6 is 0 Å². The SMILES string of the molecule is Fc1ccccc1Cc1cnc(C2CCCN2)cn1. The molecule has 1 fully saturated rings. The molecule has 1 aromatic heterocycles. The van der Waals surface area contributed by atoms with Crippen LogP contribution in [-0.2, 0) is 6.42 Å². The van der Waals surface area contributed by atoms with Gasteiger partial charge in [-0.2, -0.15) is 0 Å². The summed E-state index contributed by atoms with van der Waals surface area (Å²) in [5, 5.41) is 3.39. The van der Waals surface area contributed by atoms with Gasteiger partial charge in [0.1, 0.15) is 5.82 Å². The molecule has 1 aromatic carbocycles. The molecule has 19 heavy (non-hydrogen) atoms. The minimum Gasteiger partial charge on any atom is -0.309 e. The van der Waals surface area contributed by atoms with Crippen LogP contribution in [0.25, 0.3) is 0 Å². The smallest absolute Gasteiger partial charge is 0.126 e. The van der Waals surface area contributed by atoms with Crippen molar-refractivity contribution in [1.29, 1.82) is 0 Å². The Balaban J connectivity index is 1.74. The summed E-state index contributed by atoms with van der Waals surface area (Å²) in [6.45, 7) is 1.04. The normalized spacial score (nSPS) is 18.7. The van der Waals surface area contributed by atoms with E-state index in [1.807, 2.05) is 6.07 Å². The fraction of sp³-hybridized carbons (Fsp3) is 0.333. The van der Waals surface area contributed by atoms with E-state index in [4.69, 9.17) is 0 Å². The predicted octanol–water partition coefficient (Wildman–Crippen LogP) is 2.63. The Kier molecular flexibility index (Phi) is 3.51. The molecule has 0 saturated carbocycles. The van der Waals surface area contributed by atoms with Gasteiger partial charge < -0.3 is 5.32 Å². The fourth-order valence-electron chi connectivity index (χ4n) is 2.41. The van der Waals surface area contributed by atoms with Gasteiger partial charge in [0.15, 0.2) is 0 Å². The topological polar surface area (TPSA) is 37.8 Å². The van der Waals surface area contributed by atoms with Crippen LogP contribution in [0.5, 0.6) is 0 Å². The highest BCUT2D eigenvalue weighted by molar-refractivity contribution is 5.22. The molecule has 98 valence electrons. The molecule has 1 N–H and O–H groups in total. The van der Waals surface area contributed by atoms with Crippen molar-refractivity contribution < 1.29 is 4.39 Å². The van der Waals surface area contributed by atoms with Crippen LogP contribution in [-0.4, -0.2) is 16.5 Å². The van der Waals surface area contributed by atoms with Gasteiger partial charge >= 0.3 is 0 Å². The Hall–Kier alpha value is -1.81. The average molecular weight is 257 g/mol. The van der Waals surface area contributed by atoms with Gasteiger partial charge in [-0.05, 0) is 31.0 Å². The van der Waals surface area contributed by atoms with E-state index in [1.54, 1.807) is 24.5 Å². The summed E-state index contributed by atoms with van der Waals surface area (Å²) in [7, 11) is 0. The third-order valence-corrected chi connectivity index (χ3v) is 3.47. The van der Waals surface area contributed by atoms with Crippen molar-refractivity contribution in [2.75, 3.05) is 6.54 Å². The third-order valence-electron chi connectivity index (χ3n) is 3.47. The summed E-state index contributed by atoms with van der Waals surface area (Å²) in [5.74, 6) is -0.189. The first-order valence-corrected chi connectivity index (χ1v) is 6.60. The van der Waals surface area contributed by atoms with Gasteiger partial charge in [-0.15, -0.1) is 0 Å². The first kappa shape index (κ1) is 12.2. The summed E-state index contributed by atoms with van der Waals surface area (Å²) in [6.07, 6.45) is 6.34. The number of benzene rings is 1. The Morgan fingerprint density at radius 1 is 1.21 bits per heavy atom. The van der Waals surface area contributed by atoms with Crippen LogP contribution in [0.2, 0.25) is 0 Å². The first-order chi connectivity index (χ1) is 9.33. The Bertz CT molecular complexity index is 548. The largest absolute Gasteiger partial charge is 0.309 e. The number of rotatable bonds is 3. The monoisotopic (exact) mass is 257 g/mol. The molecule has 2 heterocycles. The predicted molar refractivity (Wildman–Crippen MR) is 71.2 cm³/mol. The number of nitrogens with zero attached hydrogens (tertiary/aromatic N) is 2. The summed E-state index contributed by atoms with van der Waals surface area (Å²) >= 11 is 0. The van der Waals surface area contributed by atoms with E-state index in [0.29, 0.717) is 18.0 Å². The van der Waals surface area contributed by atoms with E-state index in [2.05, 4.69) is 15.3 Å². The fourth-order valence-corrected chi connectivity index (χ4v) is 2.41. The van der Waals surface area contributed by atoms with E-state index < -0.39 is 0 Å². The molecule has 3 rings (SSSR count). The second-order valence-electron chi connectivity index (χ2n) is 4.85. The third kappa shape index (κ3) is 2.79. The number of hydrogen-bond acceptors (Lipinski definition) is 3. The lowest BCUT2D eigenvalue weighted by atomic mass is 10.1. The molecular formula is C15H16FN3. The second-order valence-corrected chi connectivity index (χ2v) is 4.85. The summed E-state index contributed by atoms with van der Waals surface area (Å²) < 4.78 is 13.5. The summed E-state index contributed by atoms with van der Waals surface area (Å²) in [6, 6.07) is 7.11. The Morgan fingerprint density at radius 3 is 2.79 bits per heavy atom. The minimum atomic E-state index is -0.189. The van der Waals surface area contributed by atoms with E-state index in [-0.39, 0.29) is 5.82 Å². The van der Waals surface area contributed by atoms with Gasteiger partial charge in [0.2, 0.25) is 0 Å². The standard InChI is InChI=1S/C15H16FN3/c16-13-5-2-1-4-11(13)8-12-9-19-15(10-18-12)14-6-3-7-17-14/h1-2,4-5,9-10,14,17H,3,6-8H2. The second kappa shape index (κ2) is 5.45. The van der Waals surface area contributed by atoms with Crippen molar-refractivity contribution in [2.45, 2.75) is 25.3 Å². The van der Waals surface area contributed by atoms with Gasteiger partial charge in [0, 0.05) is 12.6 Å². The Morgan fingerprint density at radius 2 is 2.11 bits per heavy atom. The zero-order valence-electron chi connectivity index (χ0n) is 10.6. The lowest BCUT2D eigenvalue weighted by Gasteiger charge is -2.09. The molecule has 0 amide bonds. The van der Waals surface area contributed by atoms with Crippen molar-refractivity contribution >= 4 is 0 Å². The molecule has 1 aliphatic rings. The number of nitrogens with one attached hydrogen (secondary N) is 1. The Labute approximate surface area is 111 Å². The maximum Gasteiger partial charge on any atom is 0.126 e. The molecule has 1 atom stereocenters. The molecule has 0 aliphatic carbocycles. The van der Waals surface area contributed by atoms with Crippen LogP contribution in [0.15, 0.2) is 36.7 Å². The molecule has 0 bridgehead atoms. The molecule has 1 unspecified atom stereocenters. The minimum absolute atomic E-state index is 0.189. The summed E-state index contributed by atoms with van der Waals surface area (Å²) in [5.41, 5.74) is 2.44. The lowest BCUT2D eigenvalue weighted by molar-refractivity contribution is 0.610. The zero-order chi connectivity index (χ0) is 13.1. The molecular weight excluding hydrogens is 241 g/mol. The quantitative estimate of drug-likeness (QED) is 0.918. The maximum absolute atomic E-state index is 13.5. The summed E-state index contributed by atoms with van der Waals surface area (Å²) in [4.78, 5) is 8.83.